The molecule has 2 amide bonds. The van der Waals surface area contributed by atoms with Crippen molar-refractivity contribution in [2.75, 3.05) is 13.1 Å². The SMILES string of the molecule is CCn1c(C2CCCN2C(=O)CNC(=O)c2cc(F)cc(F)c2)nc2ccccc21. The van der Waals surface area contributed by atoms with Crippen molar-refractivity contribution >= 4 is 22.8 Å². The number of hydrogen-bond acceptors (Lipinski definition) is 3. The molecule has 1 aliphatic heterocycles. The van der Waals surface area contributed by atoms with Crippen molar-refractivity contribution in [3.63, 3.8) is 0 Å². The molecule has 3 aromatic rings. The van der Waals surface area contributed by atoms with Gasteiger partial charge >= 0.3 is 0 Å². The summed E-state index contributed by atoms with van der Waals surface area (Å²) < 4.78 is 28.8. The van der Waals surface area contributed by atoms with Crippen LogP contribution in [0.25, 0.3) is 11.0 Å². The van der Waals surface area contributed by atoms with Gasteiger partial charge in [-0.2, -0.15) is 0 Å². The molecule has 1 saturated heterocycles. The van der Waals surface area contributed by atoms with Crippen LogP contribution in [0.2, 0.25) is 0 Å². The van der Waals surface area contributed by atoms with Crippen LogP contribution in [0.4, 0.5) is 8.78 Å². The summed E-state index contributed by atoms with van der Waals surface area (Å²) in [6.45, 7) is 3.09. The topological polar surface area (TPSA) is 67.2 Å². The quantitative estimate of drug-likeness (QED) is 0.698. The maximum atomic E-state index is 13.3. The van der Waals surface area contributed by atoms with E-state index in [-0.39, 0.29) is 24.1 Å². The predicted octanol–water partition coefficient (Wildman–Crippen LogP) is 3.43. The molecule has 1 aromatic heterocycles. The fourth-order valence-corrected chi connectivity index (χ4v) is 4.06. The van der Waals surface area contributed by atoms with Gasteiger partial charge in [-0.25, -0.2) is 13.8 Å². The molecule has 0 spiro atoms. The molecule has 8 heteroatoms. The van der Waals surface area contributed by atoms with E-state index in [1.54, 1.807) is 4.90 Å². The second kappa shape index (κ2) is 8.22. The summed E-state index contributed by atoms with van der Waals surface area (Å²) >= 11 is 0. The summed E-state index contributed by atoms with van der Waals surface area (Å²) in [4.78, 5) is 31.5. The first kappa shape index (κ1) is 20.0. The van der Waals surface area contributed by atoms with E-state index in [1.165, 1.54) is 0 Å². The average molecular weight is 412 g/mol. The number of nitrogens with zero attached hydrogens (tertiary/aromatic N) is 3. The van der Waals surface area contributed by atoms with Crippen LogP contribution in [0.3, 0.4) is 0 Å². The minimum absolute atomic E-state index is 0.161. The number of rotatable bonds is 5. The number of para-hydroxylation sites is 2. The van der Waals surface area contributed by atoms with Gasteiger partial charge in [-0.1, -0.05) is 12.1 Å². The smallest absolute Gasteiger partial charge is 0.251 e. The highest BCUT2D eigenvalue weighted by molar-refractivity contribution is 5.96. The number of nitrogens with one attached hydrogen (secondary N) is 1. The van der Waals surface area contributed by atoms with Gasteiger partial charge in [0.15, 0.2) is 0 Å². The van der Waals surface area contributed by atoms with Gasteiger partial charge in [0.05, 0.1) is 23.6 Å². The standard InChI is InChI=1S/C22H22F2N4O2/c1-2-27-18-7-4-3-6-17(18)26-21(27)19-8-5-9-28(19)20(29)13-25-22(30)14-10-15(23)12-16(24)11-14/h3-4,6-7,10-12,19H,2,5,8-9,13H2,1H3,(H,25,30). The Morgan fingerprint density at radius 2 is 1.90 bits per heavy atom. The number of aryl methyl sites for hydroxylation is 1. The third kappa shape index (κ3) is 3.77. The van der Waals surface area contributed by atoms with Gasteiger partial charge < -0.3 is 14.8 Å². The van der Waals surface area contributed by atoms with E-state index < -0.39 is 17.5 Å². The largest absolute Gasteiger partial charge is 0.343 e. The van der Waals surface area contributed by atoms with Gasteiger partial charge in [0.1, 0.15) is 17.5 Å². The first-order valence-corrected chi connectivity index (χ1v) is 9.97. The summed E-state index contributed by atoms with van der Waals surface area (Å²) in [5.41, 5.74) is 1.75. The highest BCUT2D eigenvalue weighted by atomic mass is 19.1. The number of carbonyl (C=O) groups is 2. The highest BCUT2D eigenvalue weighted by Crippen LogP contribution is 2.33. The number of amides is 2. The lowest BCUT2D eigenvalue weighted by molar-refractivity contribution is -0.131. The lowest BCUT2D eigenvalue weighted by Gasteiger charge is -2.25. The Bertz CT molecular complexity index is 1090. The van der Waals surface area contributed by atoms with Crippen LogP contribution >= 0.6 is 0 Å². The van der Waals surface area contributed by atoms with Crippen LogP contribution in [0.1, 0.15) is 42.0 Å². The zero-order chi connectivity index (χ0) is 21.3. The number of likely N-dealkylation sites (tertiary alicyclic amines) is 1. The van der Waals surface area contributed by atoms with Crippen molar-refractivity contribution in [3.8, 4) is 0 Å². The molecule has 0 bridgehead atoms. The van der Waals surface area contributed by atoms with Crippen LogP contribution in [0.15, 0.2) is 42.5 Å². The van der Waals surface area contributed by atoms with Gasteiger partial charge in [-0.3, -0.25) is 9.59 Å². The fraction of sp³-hybridized carbons (Fsp3) is 0.318. The third-order valence-electron chi connectivity index (χ3n) is 5.40. The monoisotopic (exact) mass is 412 g/mol. The lowest BCUT2D eigenvalue weighted by atomic mass is 10.2. The molecule has 2 aromatic carbocycles. The molecule has 1 N–H and O–H groups in total. The van der Waals surface area contributed by atoms with Crippen LogP contribution in [0.5, 0.6) is 0 Å². The summed E-state index contributed by atoms with van der Waals surface area (Å²) in [5.74, 6) is -1.80. The minimum Gasteiger partial charge on any atom is -0.343 e. The molecular weight excluding hydrogens is 390 g/mol. The van der Waals surface area contributed by atoms with Gasteiger partial charge in [0.2, 0.25) is 5.91 Å². The molecule has 4 rings (SSSR count). The maximum absolute atomic E-state index is 13.3. The van der Waals surface area contributed by atoms with E-state index in [0.717, 1.165) is 48.4 Å². The van der Waals surface area contributed by atoms with E-state index in [4.69, 9.17) is 4.98 Å². The van der Waals surface area contributed by atoms with Crippen LogP contribution in [-0.2, 0) is 11.3 Å². The third-order valence-corrected chi connectivity index (χ3v) is 5.40. The molecule has 30 heavy (non-hydrogen) atoms. The summed E-state index contributed by atoms with van der Waals surface area (Å²) in [7, 11) is 0. The second-order valence-electron chi connectivity index (χ2n) is 7.29. The Morgan fingerprint density at radius 1 is 1.17 bits per heavy atom. The van der Waals surface area contributed by atoms with Gasteiger partial charge in [-0.15, -0.1) is 0 Å². The minimum atomic E-state index is -0.843. The Balaban J connectivity index is 1.50. The molecule has 0 saturated carbocycles. The van der Waals surface area contributed by atoms with Crippen molar-refractivity contribution in [2.45, 2.75) is 32.4 Å². The van der Waals surface area contributed by atoms with Crippen molar-refractivity contribution in [1.82, 2.24) is 19.8 Å². The normalized spacial score (nSPS) is 16.2. The van der Waals surface area contributed by atoms with Crippen molar-refractivity contribution in [3.05, 3.63) is 65.5 Å². The van der Waals surface area contributed by atoms with Gasteiger partial charge in [-0.05, 0) is 44.0 Å². The second-order valence-corrected chi connectivity index (χ2v) is 7.29. The summed E-state index contributed by atoms with van der Waals surface area (Å²) in [6.07, 6.45) is 1.63. The number of fused-ring (bicyclic) bond motifs is 1. The number of aromatic nitrogens is 2. The van der Waals surface area contributed by atoms with E-state index in [9.17, 15) is 18.4 Å². The molecule has 1 aliphatic rings. The maximum Gasteiger partial charge on any atom is 0.251 e. The van der Waals surface area contributed by atoms with E-state index in [0.29, 0.717) is 12.6 Å². The Hall–Kier alpha value is -3.29. The number of carbonyl (C=O) groups excluding carboxylic acids is 2. The zero-order valence-electron chi connectivity index (χ0n) is 16.6. The first-order chi connectivity index (χ1) is 14.5. The molecule has 1 fully saturated rings. The zero-order valence-corrected chi connectivity index (χ0v) is 16.6. The molecule has 0 radical (unpaired) electrons. The fourth-order valence-electron chi connectivity index (χ4n) is 4.06. The molecule has 1 atom stereocenters. The van der Waals surface area contributed by atoms with Crippen LogP contribution < -0.4 is 5.32 Å². The first-order valence-electron chi connectivity index (χ1n) is 9.97. The summed E-state index contributed by atoms with van der Waals surface area (Å²) in [6, 6.07) is 10.2. The lowest BCUT2D eigenvalue weighted by Crippen LogP contribution is -2.40. The molecule has 2 heterocycles. The highest BCUT2D eigenvalue weighted by Gasteiger charge is 2.33. The molecule has 156 valence electrons. The van der Waals surface area contributed by atoms with E-state index in [2.05, 4.69) is 9.88 Å². The Morgan fingerprint density at radius 3 is 2.63 bits per heavy atom. The Kier molecular flexibility index (Phi) is 5.48. The van der Waals surface area contributed by atoms with E-state index >= 15 is 0 Å². The number of hydrogen-bond donors (Lipinski definition) is 1. The predicted molar refractivity (Wildman–Crippen MR) is 108 cm³/mol. The number of halogens is 2. The number of imidazole rings is 1. The molecule has 1 unspecified atom stereocenters. The van der Waals surface area contributed by atoms with E-state index in [1.807, 2.05) is 31.2 Å². The molecule has 0 aliphatic carbocycles. The van der Waals surface area contributed by atoms with Gasteiger partial charge in [0, 0.05) is 24.7 Å². The van der Waals surface area contributed by atoms with Crippen LogP contribution in [-0.4, -0.2) is 39.4 Å². The molecular formula is C22H22F2N4O2. The number of benzene rings is 2. The molecule has 6 nitrogen and oxygen atoms in total. The van der Waals surface area contributed by atoms with Crippen molar-refractivity contribution < 1.29 is 18.4 Å². The summed E-state index contributed by atoms with van der Waals surface area (Å²) in [5, 5.41) is 2.47. The van der Waals surface area contributed by atoms with Crippen molar-refractivity contribution in [1.29, 1.82) is 0 Å². The van der Waals surface area contributed by atoms with Crippen LogP contribution in [0, 0.1) is 11.6 Å². The van der Waals surface area contributed by atoms with Crippen molar-refractivity contribution in [2.24, 2.45) is 0 Å². The average Bonchev–Trinajstić information content (AvgIpc) is 3.35. The van der Waals surface area contributed by atoms with Gasteiger partial charge in [0.25, 0.3) is 5.91 Å². The Labute approximate surface area is 172 Å².